The van der Waals surface area contributed by atoms with E-state index in [0.717, 1.165) is 31.1 Å². The molecule has 0 radical (unpaired) electrons. The van der Waals surface area contributed by atoms with Crippen molar-refractivity contribution < 1.29 is 4.74 Å². The molecule has 3 rings (SSSR count). The number of benzene rings is 1. The Bertz CT molecular complexity index is 583. The van der Waals surface area contributed by atoms with Crippen LogP contribution in [0.4, 0.5) is 0 Å². The molecule has 4 heteroatoms. The summed E-state index contributed by atoms with van der Waals surface area (Å²) in [4.78, 5) is 6.73. The summed E-state index contributed by atoms with van der Waals surface area (Å²) in [5.41, 5.74) is 3.65. The second kappa shape index (κ2) is 5.19. The van der Waals surface area contributed by atoms with Gasteiger partial charge in [-0.3, -0.25) is 4.90 Å². The molecule has 0 fully saturated rings. The average Bonchev–Trinajstić information content (AvgIpc) is 2.81. The van der Waals surface area contributed by atoms with Crippen molar-refractivity contribution in [2.45, 2.75) is 19.6 Å². The summed E-state index contributed by atoms with van der Waals surface area (Å²) in [5, 5.41) is 0.574. The van der Waals surface area contributed by atoms with E-state index in [2.05, 4.69) is 28.1 Å². The number of pyridine rings is 1. The third-order valence-electron chi connectivity index (χ3n) is 3.37. The van der Waals surface area contributed by atoms with E-state index < -0.39 is 0 Å². The van der Waals surface area contributed by atoms with Gasteiger partial charge in [-0.2, -0.15) is 0 Å². The van der Waals surface area contributed by atoms with Gasteiger partial charge in [0.05, 0.1) is 12.8 Å². The van der Waals surface area contributed by atoms with Crippen LogP contribution in [0.3, 0.4) is 0 Å². The highest BCUT2D eigenvalue weighted by Gasteiger charge is 2.20. The number of hydrogen-bond acceptors (Lipinski definition) is 3. The first-order valence-electron chi connectivity index (χ1n) is 6.24. The molecule has 0 saturated carbocycles. The molecule has 1 aromatic carbocycles. The summed E-state index contributed by atoms with van der Waals surface area (Å²) in [6.45, 7) is 2.71. The lowest BCUT2D eigenvalue weighted by Crippen LogP contribution is -2.15. The van der Waals surface area contributed by atoms with Crippen molar-refractivity contribution >= 4 is 11.6 Å². The predicted octanol–water partition coefficient (Wildman–Crippen LogP) is 3.26. The molecule has 98 valence electrons. The third kappa shape index (κ3) is 2.72. The SMILES string of the molecule is COc1ccc(CN2Cc3ccc(Cl)nc3C2)cc1. The Kier molecular flexibility index (Phi) is 3.40. The maximum atomic E-state index is 5.92. The maximum Gasteiger partial charge on any atom is 0.129 e. The van der Waals surface area contributed by atoms with Crippen molar-refractivity contribution in [3.63, 3.8) is 0 Å². The van der Waals surface area contributed by atoms with E-state index in [1.165, 1.54) is 11.1 Å². The van der Waals surface area contributed by atoms with E-state index in [1.54, 1.807) is 7.11 Å². The number of methoxy groups -OCH3 is 1. The smallest absolute Gasteiger partial charge is 0.129 e. The average molecular weight is 275 g/mol. The van der Waals surface area contributed by atoms with E-state index in [9.17, 15) is 0 Å². The molecule has 1 aliphatic rings. The molecule has 1 aromatic heterocycles. The van der Waals surface area contributed by atoms with Crippen LogP contribution >= 0.6 is 11.6 Å². The zero-order valence-electron chi connectivity index (χ0n) is 10.8. The molecule has 0 aliphatic carbocycles. The Balaban J connectivity index is 1.69. The minimum absolute atomic E-state index is 0.574. The summed E-state index contributed by atoms with van der Waals surface area (Å²) in [6, 6.07) is 12.1. The summed E-state index contributed by atoms with van der Waals surface area (Å²) in [7, 11) is 1.68. The Morgan fingerprint density at radius 1 is 1.16 bits per heavy atom. The normalized spacial score (nSPS) is 14.4. The maximum absolute atomic E-state index is 5.92. The minimum atomic E-state index is 0.574. The van der Waals surface area contributed by atoms with Gasteiger partial charge in [0.15, 0.2) is 0 Å². The van der Waals surface area contributed by atoms with Gasteiger partial charge in [0.1, 0.15) is 10.9 Å². The largest absolute Gasteiger partial charge is 0.497 e. The van der Waals surface area contributed by atoms with Gasteiger partial charge in [-0.1, -0.05) is 29.8 Å². The quantitative estimate of drug-likeness (QED) is 0.804. The van der Waals surface area contributed by atoms with Gasteiger partial charge in [0.25, 0.3) is 0 Å². The molecular formula is C15H15ClN2O. The van der Waals surface area contributed by atoms with Crippen molar-refractivity contribution in [1.29, 1.82) is 0 Å². The molecule has 0 bridgehead atoms. The van der Waals surface area contributed by atoms with E-state index in [4.69, 9.17) is 16.3 Å². The van der Waals surface area contributed by atoms with Gasteiger partial charge in [-0.15, -0.1) is 0 Å². The monoisotopic (exact) mass is 274 g/mol. The standard InChI is InChI=1S/C15H15ClN2O/c1-19-13-5-2-11(3-6-13)8-18-9-12-4-7-15(16)17-14(12)10-18/h2-7H,8-10H2,1H3. The van der Waals surface area contributed by atoms with Crippen molar-refractivity contribution in [2.75, 3.05) is 7.11 Å². The van der Waals surface area contributed by atoms with E-state index in [0.29, 0.717) is 5.15 Å². The number of aromatic nitrogens is 1. The lowest BCUT2D eigenvalue weighted by atomic mass is 10.2. The first-order chi connectivity index (χ1) is 9.24. The van der Waals surface area contributed by atoms with E-state index in [-0.39, 0.29) is 0 Å². The molecule has 3 nitrogen and oxygen atoms in total. The van der Waals surface area contributed by atoms with Crippen LogP contribution in [0.15, 0.2) is 36.4 Å². The molecule has 0 atom stereocenters. The molecule has 1 aliphatic heterocycles. The molecule has 19 heavy (non-hydrogen) atoms. The van der Waals surface area contributed by atoms with Crippen LogP contribution in [0.1, 0.15) is 16.8 Å². The predicted molar refractivity (Wildman–Crippen MR) is 75.2 cm³/mol. The van der Waals surface area contributed by atoms with Gasteiger partial charge in [-0.25, -0.2) is 4.98 Å². The van der Waals surface area contributed by atoms with Gasteiger partial charge in [-0.05, 0) is 29.3 Å². The van der Waals surface area contributed by atoms with Crippen LogP contribution in [0, 0.1) is 0 Å². The van der Waals surface area contributed by atoms with E-state index in [1.807, 2.05) is 18.2 Å². The number of fused-ring (bicyclic) bond motifs is 1. The third-order valence-corrected chi connectivity index (χ3v) is 3.58. The fraction of sp³-hybridized carbons (Fsp3) is 0.267. The van der Waals surface area contributed by atoms with Crippen LogP contribution in [0.25, 0.3) is 0 Å². The second-order valence-corrected chi connectivity index (χ2v) is 5.12. The lowest BCUT2D eigenvalue weighted by Gasteiger charge is -2.14. The molecule has 0 saturated heterocycles. The summed E-state index contributed by atoms with van der Waals surface area (Å²) < 4.78 is 5.16. The topological polar surface area (TPSA) is 25.4 Å². The lowest BCUT2D eigenvalue weighted by molar-refractivity contribution is 0.274. The first kappa shape index (κ1) is 12.5. The van der Waals surface area contributed by atoms with Crippen LogP contribution < -0.4 is 4.74 Å². The van der Waals surface area contributed by atoms with Crippen molar-refractivity contribution in [2.24, 2.45) is 0 Å². The number of rotatable bonds is 3. The van der Waals surface area contributed by atoms with Crippen molar-refractivity contribution in [1.82, 2.24) is 9.88 Å². The van der Waals surface area contributed by atoms with Crippen LogP contribution in [0.5, 0.6) is 5.75 Å². The molecule has 0 N–H and O–H groups in total. The molecule has 0 unspecified atom stereocenters. The van der Waals surface area contributed by atoms with Crippen molar-refractivity contribution in [3.05, 3.63) is 58.4 Å². The van der Waals surface area contributed by atoms with Gasteiger partial charge in [0.2, 0.25) is 0 Å². The Labute approximate surface area is 117 Å². The fourth-order valence-corrected chi connectivity index (χ4v) is 2.56. The fourth-order valence-electron chi connectivity index (χ4n) is 2.39. The Morgan fingerprint density at radius 2 is 1.95 bits per heavy atom. The Morgan fingerprint density at radius 3 is 2.68 bits per heavy atom. The number of halogens is 1. The molecule has 2 heterocycles. The molecular weight excluding hydrogens is 260 g/mol. The first-order valence-corrected chi connectivity index (χ1v) is 6.62. The van der Waals surface area contributed by atoms with Crippen LogP contribution in [0.2, 0.25) is 5.15 Å². The van der Waals surface area contributed by atoms with Gasteiger partial charge in [0, 0.05) is 19.6 Å². The second-order valence-electron chi connectivity index (χ2n) is 4.73. The summed E-state index contributed by atoms with van der Waals surface area (Å²) in [5.74, 6) is 0.891. The zero-order chi connectivity index (χ0) is 13.2. The van der Waals surface area contributed by atoms with E-state index >= 15 is 0 Å². The van der Waals surface area contributed by atoms with Crippen molar-refractivity contribution in [3.8, 4) is 5.75 Å². The van der Waals surface area contributed by atoms with Gasteiger partial charge >= 0.3 is 0 Å². The Hall–Kier alpha value is -1.58. The highest BCUT2D eigenvalue weighted by atomic mass is 35.5. The number of nitrogens with zero attached hydrogens (tertiary/aromatic N) is 2. The number of ether oxygens (including phenoxy) is 1. The minimum Gasteiger partial charge on any atom is -0.497 e. The highest BCUT2D eigenvalue weighted by molar-refractivity contribution is 6.29. The molecule has 0 amide bonds. The van der Waals surface area contributed by atoms with Gasteiger partial charge < -0.3 is 4.74 Å². The summed E-state index contributed by atoms with van der Waals surface area (Å²) in [6.07, 6.45) is 0. The van der Waals surface area contributed by atoms with Crippen LogP contribution in [-0.4, -0.2) is 17.0 Å². The molecule has 0 spiro atoms. The highest BCUT2D eigenvalue weighted by Crippen LogP contribution is 2.24. The summed E-state index contributed by atoms with van der Waals surface area (Å²) >= 11 is 5.92. The number of hydrogen-bond donors (Lipinski definition) is 0. The molecule has 2 aromatic rings. The van der Waals surface area contributed by atoms with Crippen LogP contribution in [-0.2, 0) is 19.6 Å². The zero-order valence-corrected chi connectivity index (χ0v) is 11.5.